The van der Waals surface area contributed by atoms with Gasteiger partial charge in [-0.3, -0.25) is 4.79 Å². The van der Waals surface area contributed by atoms with Gasteiger partial charge in [0, 0.05) is 18.6 Å². The molecule has 2 heterocycles. The molecule has 16 heavy (non-hydrogen) atoms. The monoisotopic (exact) mass is 234 g/mol. The van der Waals surface area contributed by atoms with E-state index in [4.69, 9.17) is 11.6 Å². The molecule has 0 radical (unpaired) electrons. The summed E-state index contributed by atoms with van der Waals surface area (Å²) in [6.07, 6.45) is 5.19. The Kier molecular flexibility index (Phi) is 2.87. The van der Waals surface area contributed by atoms with E-state index in [-0.39, 0.29) is 10.7 Å². The lowest BCUT2D eigenvalue weighted by molar-refractivity contribution is 0.112. The Morgan fingerprint density at radius 1 is 1.19 bits per heavy atom. The molecule has 2 aromatic heterocycles. The smallest absolute Gasteiger partial charge is 0.164 e. The maximum atomic E-state index is 10.5. The van der Waals surface area contributed by atoms with E-state index in [1.807, 2.05) is 0 Å². The fourth-order valence-electron chi connectivity index (χ4n) is 1.10. The van der Waals surface area contributed by atoms with Crippen molar-refractivity contribution in [3.63, 3.8) is 0 Å². The van der Waals surface area contributed by atoms with Crippen LogP contribution in [-0.4, -0.2) is 26.2 Å². The minimum Gasteiger partial charge on any atom is -0.298 e. The average molecular weight is 235 g/mol. The van der Waals surface area contributed by atoms with Gasteiger partial charge in [0.05, 0.1) is 11.1 Å². The standard InChI is InChI=1S/C10H7ClN4O/c1-6-12-2-7(3-13-6)10-14-4-8(5-16)9(11)15-10/h2-5H,1H3. The van der Waals surface area contributed by atoms with Crippen LogP contribution in [0.3, 0.4) is 0 Å². The lowest BCUT2D eigenvalue weighted by atomic mass is 10.3. The van der Waals surface area contributed by atoms with Crippen molar-refractivity contribution in [3.8, 4) is 11.4 Å². The highest BCUT2D eigenvalue weighted by molar-refractivity contribution is 6.31. The van der Waals surface area contributed by atoms with E-state index >= 15 is 0 Å². The van der Waals surface area contributed by atoms with Crippen molar-refractivity contribution in [1.29, 1.82) is 0 Å². The number of aldehydes is 1. The molecule has 0 unspecified atom stereocenters. The van der Waals surface area contributed by atoms with E-state index in [0.717, 1.165) is 0 Å². The van der Waals surface area contributed by atoms with Crippen LogP contribution in [0.25, 0.3) is 11.4 Å². The second-order valence-corrected chi connectivity index (χ2v) is 3.43. The van der Waals surface area contributed by atoms with E-state index in [1.54, 1.807) is 19.3 Å². The number of carbonyl (C=O) groups is 1. The molecule has 0 saturated heterocycles. The molecule has 2 aromatic rings. The molecule has 0 aromatic carbocycles. The molecule has 0 atom stereocenters. The fourth-order valence-corrected chi connectivity index (χ4v) is 1.27. The molecule has 80 valence electrons. The Morgan fingerprint density at radius 3 is 2.44 bits per heavy atom. The number of hydrogen-bond acceptors (Lipinski definition) is 5. The van der Waals surface area contributed by atoms with Crippen molar-refractivity contribution < 1.29 is 4.79 Å². The second kappa shape index (κ2) is 4.32. The fraction of sp³-hybridized carbons (Fsp3) is 0.100. The van der Waals surface area contributed by atoms with Crippen molar-refractivity contribution in [2.45, 2.75) is 6.92 Å². The predicted octanol–water partition coefficient (Wildman–Crippen LogP) is 1.71. The van der Waals surface area contributed by atoms with Gasteiger partial charge in [-0.1, -0.05) is 11.6 Å². The summed E-state index contributed by atoms with van der Waals surface area (Å²) in [6, 6.07) is 0. The van der Waals surface area contributed by atoms with E-state index in [1.165, 1.54) is 6.20 Å². The third kappa shape index (κ3) is 2.04. The summed E-state index contributed by atoms with van der Waals surface area (Å²) < 4.78 is 0. The Bertz CT molecular complexity index is 527. The first kappa shape index (κ1) is 10.6. The molecular formula is C10H7ClN4O. The van der Waals surface area contributed by atoms with Crippen LogP contribution in [0.2, 0.25) is 5.15 Å². The maximum absolute atomic E-state index is 10.5. The summed E-state index contributed by atoms with van der Waals surface area (Å²) in [6.45, 7) is 1.78. The van der Waals surface area contributed by atoms with E-state index in [0.29, 0.717) is 23.5 Å². The van der Waals surface area contributed by atoms with E-state index < -0.39 is 0 Å². The van der Waals surface area contributed by atoms with Crippen molar-refractivity contribution in [3.05, 3.63) is 35.1 Å². The summed E-state index contributed by atoms with van der Waals surface area (Å²) in [5.41, 5.74) is 0.920. The van der Waals surface area contributed by atoms with Gasteiger partial charge >= 0.3 is 0 Å². The number of nitrogens with zero attached hydrogens (tertiary/aromatic N) is 4. The normalized spacial score (nSPS) is 10.1. The lowest BCUT2D eigenvalue weighted by Crippen LogP contribution is -1.95. The van der Waals surface area contributed by atoms with Crippen molar-refractivity contribution in [1.82, 2.24) is 19.9 Å². The molecule has 0 bridgehead atoms. The number of halogens is 1. The zero-order chi connectivity index (χ0) is 11.5. The van der Waals surface area contributed by atoms with Gasteiger partial charge in [0.2, 0.25) is 0 Å². The summed E-state index contributed by atoms with van der Waals surface area (Å²) in [5.74, 6) is 1.06. The number of aryl methyl sites for hydroxylation is 1. The third-order valence-corrected chi connectivity index (χ3v) is 2.24. The van der Waals surface area contributed by atoms with Crippen molar-refractivity contribution >= 4 is 17.9 Å². The third-order valence-electron chi connectivity index (χ3n) is 1.93. The molecule has 0 fully saturated rings. The summed E-state index contributed by atoms with van der Waals surface area (Å²) in [5, 5.41) is 0.126. The molecule has 0 aliphatic rings. The van der Waals surface area contributed by atoms with Gasteiger partial charge in [-0.15, -0.1) is 0 Å². The summed E-state index contributed by atoms with van der Waals surface area (Å²) in [4.78, 5) is 26.6. The van der Waals surface area contributed by atoms with Gasteiger partial charge in [0.15, 0.2) is 12.1 Å². The highest BCUT2D eigenvalue weighted by atomic mass is 35.5. The first-order valence-electron chi connectivity index (χ1n) is 4.47. The number of carbonyl (C=O) groups excluding carboxylic acids is 1. The minimum absolute atomic E-state index is 0.126. The van der Waals surface area contributed by atoms with E-state index in [9.17, 15) is 4.79 Å². The minimum atomic E-state index is 0.126. The summed E-state index contributed by atoms with van der Waals surface area (Å²) in [7, 11) is 0. The van der Waals surface area contributed by atoms with Crippen LogP contribution in [0.15, 0.2) is 18.6 Å². The molecule has 0 N–H and O–H groups in total. The Labute approximate surface area is 96.6 Å². The number of aromatic nitrogens is 4. The largest absolute Gasteiger partial charge is 0.298 e. The molecule has 0 amide bonds. The topological polar surface area (TPSA) is 68.6 Å². The van der Waals surface area contributed by atoms with Gasteiger partial charge in [-0.25, -0.2) is 19.9 Å². The Morgan fingerprint density at radius 2 is 1.88 bits per heavy atom. The average Bonchev–Trinajstić information content (AvgIpc) is 2.30. The first-order valence-corrected chi connectivity index (χ1v) is 4.85. The molecule has 0 spiro atoms. The van der Waals surface area contributed by atoms with Crippen LogP contribution >= 0.6 is 11.6 Å². The number of hydrogen-bond donors (Lipinski definition) is 0. The number of rotatable bonds is 2. The zero-order valence-electron chi connectivity index (χ0n) is 8.38. The Balaban J connectivity index is 2.45. The maximum Gasteiger partial charge on any atom is 0.164 e. The summed E-state index contributed by atoms with van der Waals surface area (Å²) >= 11 is 5.79. The second-order valence-electron chi connectivity index (χ2n) is 3.08. The predicted molar refractivity (Wildman–Crippen MR) is 58.2 cm³/mol. The first-order chi connectivity index (χ1) is 7.70. The molecule has 0 aliphatic heterocycles. The van der Waals surface area contributed by atoms with Gasteiger partial charge in [-0.05, 0) is 6.92 Å². The molecule has 0 aliphatic carbocycles. The molecule has 2 rings (SSSR count). The van der Waals surface area contributed by atoms with Crippen LogP contribution in [0.5, 0.6) is 0 Å². The van der Waals surface area contributed by atoms with Crippen LogP contribution < -0.4 is 0 Å². The zero-order valence-corrected chi connectivity index (χ0v) is 9.14. The van der Waals surface area contributed by atoms with Gasteiger partial charge < -0.3 is 0 Å². The highest BCUT2D eigenvalue weighted by Gasteiger charge is 2.06. The van der Waals surface area contributed by atoms with E-state index in [2.05, 4.69) is 19.9 Å². The van der Waals surface area contributed by atoms with Crippen LogP contribution in [0.4, 0.5) is 0 Å². The van der Waals surface area contributed by atoms with Crippen LogP contribution in [0, 0.1) is 6.92 Å². The Hall–Kier alpha value is -1.88. The quantitative estimate of drug-likeness (QED) is 0.584. The van der Waals surface area contributed by atoms with Crippen molar-refractivity contribution in [2.24, 2.45) is 0 Å². The lowest BCUT2D eigenvalue weighted by Gasteiger charge is -2.00. The molecule has 6 heteroatoms. The molecular weight excluding hydrogens is 228 g/mol. The SMILES string of the molecule is Cc1ncc(-c2ncc(C=O)c(Cl)n2)cn1. The van der Waals surface area contributed by atoms with Crippen LogP contribution in [-0.2, 0) is 0 Å². The van der Waals surface area contributed by atoms with Crippen LogP contribution in [0.1, 0.15) is 16.2 Å². The highest BCUT2D eigenvalue weighted by Crippen LogP contribution is 2.16. The van der Waals surface area contributed by atoms with Crippen molar-refractivity contribution in [2.75, 3.05) is 0 Å². The molecule has 0 saturated carbocycles. The molecule has 5 nitrogen and oxygen atoms in total. The van der Waals surface area contributed by atoms with Gasteiger partial charge in [0.25, 0.3) is 0 Å². The van der Waals surface area contributed by atoms with Gasteiger partial charge in [0.1, 0.15) is 11.0 Å². The van der Waals surface area contributed by atoms with Gasteiger partial charge in [-0.2, -0.15) is 0 Å².